The molecule has 1 rings (SSSR count). The maximum atomic E-state index is 8.94. The Bertz CT molecular complexity index is 428. The van der Waals surface area contributed by atoms with E-state index < -0.39 is 6.10 Å². The van der Waals surface area contributed by atoms with Crippen LogP contribution in [0.15, 0.2) is 18.2 Å². The Morgan fingerprint density at radius 3 is 2.67 bits per heavy atom. The SMILES string of the molecule is CCC(N)Cc1cc(Cl)ccc1OC(C#N)CC. The van der Waals surface area contributed by atoms with E-state index in [0.29, 0.717) is 23.6 Å². The molecule has 0 aliphatic heterocycles. The van der Waals surface area contributed by atoms with Crippen molar-refractivity contribution in [3.05, 3.63) is 28.8 Å². The van der Waals surface area contributed by atoms with Crippen LogP contribution in [-0.2, 0) is 6.42 Å². The van der Waals surface area contributed by atoms with E-state index in [9.17, 15) is 0 Å². The Kier molecular flexibility index (Phi) is 5.97. The molecule has 4 heteroatoms. The highest BCUT2D eigenvalue weighted by molar-refractivity contribution is 6.30. The molecule has 0 saturated heterocycles. The topological polar surface area (TPSA) is 59.0 Å². The predicted octanol–water partition coefficient (Wildman–Crippen LogP) is 3.30. The number of halogens is 1. The largest absolute Gasteiger partial charge is 0.475 e. The highest BCUT2D eigenvalue weighted by atomic mass is 35.5. The van der Waals surface area contributed by atoms with Crippen LogP contribution in [0.5, 0.6) is 5.75 Å². The molecular weight excluding hydrogens is 248 g/mol. The maximum Gasteiger partial charge on any atom is 0.184 e. The van der Waals surface area contributed by atoms with E-state index in [1.807, 2.05) is 19.9 Å². The molecular formula is C14H19ClN2O. The Hall–Kier alpha value is -1.24. The lowest BCUT2D eigenvalue weighted by Crippen LogP contribution is -2.22. The second-order valence-electron chi connectivity index (χ2n) is 4.27. The Balaban J connectivity index is 2.92. The minimum atomic E-state index is -0.428. The van der Waals surface area contributed by atoms with Crippen LogP contribution in [0.4, 0.5) is 0 Å². The van der Waals surface area contributed by atoms with Gasteiger partial charge in [0.05, 0.1) is 0 Å². The molecule has 1 aromatic rings. The molecule has 98 valence electrons. The molecule has 0 radical (unpaired) electrons. The third kappa shape index (κ3) is 4.21. The van der Waals surface area contributed by atoms with E-state index in [4.69, 9.17) is 27.3 Å². The molecule has 0 amide bonds. The number of hydrogen-bond donors (Lipinski definition) is 1. The standard InChI is InChI=1S/C14H19ClN2O/c1-3-12(17)8-10-7-11(15)5-6-14(10)18-13(4-2)9-16/h5-7,12-13H,3-4,8,17H2,1-2H3. The first kappa shape index (κ1) is 14.8. The van der Waals surface area contributed by atoms with Crippen molar-refractivity contribution >= 4 is 11.6 Å². The molecule has 0 saturated carbocycles. The summed E-state index contributed by atoms with van der Waals surface area (Å²) in [6.45, 7) is 3.96. The second-order valence-corrected chi connectivity index (χ2v) is 4.70. The van der Waals surface area contributed by atoms with Gasteiger partial charge in [0.15, 0.2) is 6.10 Å². The first-order valence-corrected chi connectivity index (χ1v) is 6.58. The summed E-state index contributed by atoms with van der Waals surface area (Å²) in [6.07, 6.45) is 1.82. The molecule has 18 heavy (non-hydrogen) atoms. The Labute approximate surface area is 114 Å². The summed E-state index contributed by atoms with van der Waals surface area (Å²) >= 11 is 5.99. The normalized spacial score (nSPS) is 13.7. The average molecular weight is 267 g/mol. The molecule has 2 atom stereocenters. The van der Waals surface area contributed by atoms with Gasteiger partial charge in [-0.2, -0.15) is 5.26 Å². The summed E-state index contributed by atoms with van der Waals surface area (Å²) in [5, 5.41) is 9.59. The van der Waals surface area contributed by atoms with Crippen LogP contribution in [0.3, 0.4) is 0 Å². The fourth-order valence-electron chi connectivity index (χ4n) is 1.60. The molecule has 0 aliphatic carbocycles. The van der Waals surface area contributed by atoms with Crippen molar-refractivity contribution in [1.82, 2.24) is 0 Å². The average Bonchev–Trinajstić information content (AvgIpc) is 2.38. The molecule has 2 unspecified atom stereocenters. The van der Waals surface area contributed by atoms with Gasteiger partial charge in [0.1, 0.15) is 11.8 Å². The van der Waals surface area contributed by atoms with Gasteiger partial charge in [0.2, 0.25) is 0 Å². The lowest BCUT2D eigenvalue weighted by atomic mass is 10.0. The zero-order valence-corrected chi connectivity index (χ0v) is 11.6. The van der Waals surface area contributed by atoms with Crippen LogP contribution >= 0.6 is 11.6 Å². The third-order valence-corrected chi connectivity index (χ3v) is 3.05. The van der Waals surface area contributed by atoms with Crippen LogP contribution in [0.25, 0.3) is 0 Å². The van der Waals surface area contributed by atoms with Crippen LogP contribution in [-0.4, -0.2) is 12.1 Å². The smallest absolute Gasteiger partial charge is 0.184 e. The number of ether oxygens (including phenoxy) is 1. The van der Waals surface area contributed by atoms with Gasteiger partial charge in [-0.1, -0.05) is 25.4 Å². The van der Waals surface area contributed by atoms with E-state index >= 15 is 0 Å². The Morgan fingerprint density at radius 1 is 1.39 bits per heavy atom. The number of nitriles is 1. The van der Waals surface area contributed by atoms with Crippen LogP contribution in [0.2, 0.25) is 5.02 Å². The predicted molar refractivity (Wildman–Crippen MR) is 73.7 cm³/mol. The van der Waals surface area contributed by atoms with Crippen molar-refractivity contribution in [2.75, 3.05) is 0 Å². The lowest BCUT2D eigenvalue weighted by Gasteiger charge is -2.16. The molecule has 0 spiro atoms. The molecule has 3 nitrogen and oxygen atoms in total. The quantitative estimate of drug-likeness (QED) is 0.859. The van der Waals surface area contributed by atoms with Crippen molar-refractivity contribution in [2.45, 2.75) is 45.3 Å². The van der Waals surface area contributed by atoms with Gasteiger partial charge in [-0.3, -0.25) is 0 Å². The van der Waals surface area contributed by atoms with Crippen LogP contribution in [0, 0.1) is 11.3 Å². The number of nitrogens with two attached hydrogens (primary N) is 1. The summed E-state index contributed by atoms with van der Waals surface area (Å²) in [5.41, 5.74) is 6.92. The van der Waals surface area contributed by atoms with E-state index in [2.05, 4.69) is 6.07 Å². The zero-order valence-electron chi connectivity index (χ0n) is 10.8. The molecule has 0 aliphatic rings. The molecule has 0 aromatic heterocycles. The molecule has 1 aromatic carbocycles. The first-order chi connectivity index (χ1) is 8.60. The fourth-order valence-corrected chi connectivity index (χ4v) is 1.80. The van der Waals surface area contributed by atoms with E-state index in [1.165, 1.54) is 0 Å². The first-order valence-electron chi connectivity index (χ1n) is 6.20. The van der Waals surface area contributed by atoms with Gasteiger partial charge in [-0.25, -0.2) is 0 Å². The lowest BCUT2D eigenvalue weighted by molar-refractivity contribution is 0.249. The minimum absolute atomic E-state index is 0.0768. The van der Waals surface area contributed by atoms with Gasteiger partial charge in [-0.05, 0) is 43.0 Å². The van der Waals surface area contributed by atoms with Gasteiger partial charge >= 0.3 is 0 Å². The fraction of sp³-hybridized carbons (Fsp3) is 0.500. The van der Waals surface area contributed by atoms with Crippen molar-refractivity contribution in [3.63, 3.8) is 0 Å². The summed E-state index contributed by atoms with van der Waals surface area (Å²) < 4.78 is 5.67. The van der Waals surface area contributed by atoms with Crippen LogP contribution in [0.1, 0.15) is 32.3 Å². The number of hydrogen-bond acceptors (Lipinski definition) is 3. The molecule has 0 heterocycles. The second kappa shape index (κ2) is 7.25. The maximum absolute atomic E-state index is 8.94. The summed E-state index contributed by atoms with van der Waals surface area (Å²) in [6, 6.07) is 7.63. The number of benzene rings is 1. The van der Waals surface area contributed by atoms with Crippen molar-refractivity contribution < 1.29 is 4.74 Å². The third-order valence-electron chi connectivity index (χ3n) is 2.81. The molecule has 0 fully saturated rings. The molecule has 2 N–H and O–H groups in total. The summed E-state index contributed by atoms with van der Waals surface area (Å²) in [7, 11) is 0. The van der Waals surface area contributed by atoms with E-state index in [1.54, 1.807) is 12.1 Å². The van der Waals surface area contributed by atoms with Crippen molar-refractivity contribution in [3.8, 4) is 11.8 Å². The van der Waals surface area contributed by atoms with Gasteiger partial charge in [0, 0.05) is 11.1 Å². The highest BCUT2D eigenvalue weighted by Crippen LogP contribution is 2.25. The van der Waals surface area contributed by atoms with Crippen molar-refractivity contribution in [2.24, 2.45) is 5.73 Å². The molecule has 0 bridgehead atoms. The monoisotopic (exact) mass is 266 g/mol. The van der Waals surface area contributed by atoms with Gasteiger partial charge in [-0.15, -0.1) is 0 Å². The summed E-state index contributed by atoms with van der Waals surface area (Å²) in [4.78, 5) is 0. The number of rotatable bonds is 6. The van der Waals surface area contributed by atoms with E-state index in [0.717, 1.165) is 12.0 Å². The zero-order chi connectivity index (χ0) is 13.5. The van der Waals surface area contributed by atoms with Gasteiger partial charge < -0.3 is 10.5 Å². The van der Waals surface area contributed by atoms with E-state index in [-0.39, 0.29) is 6.04 Å². The van der Waals surface area contributed by atoms with Crippen molar-refractivity contribution in [1.29, 1.82) is 5.26 Å². The summed E-state index contributed by atoms with van der Waals surface area (Å²) in [5.74, 6) is 0.705. The van der Waals surface area contributed by atoms with Gasteiger partial charge in [0.25, 0.3) is 0 Å². The van der Waals surface area contributed by atoms with Crippen LogP contribution < -0.4 is 10.5 Å². The number of nitrogens with zero attached hydrogens (tertiary/aromatic N) is 1. The Morgan fingerprint density at radius 2 is 2.11 bits per heavy atom. The highest BCUT2D eigenvalue weighted by Gasteiger charge is 2.12. The minimum Gasteiger partial charge on any atom is -0.475 e.